The highest BCUT2D eigenvalue weighted by Crippen LogP contribution is 2.15. The molecule has 28 heavy (non-hydrogen) atoms. The van der Waals surface area contributed by atoms with Gasteiger partial charge in [-0.25, -0.2) is 4.18 Å². The van der Waals surface area contributed by atoms with Gasteiger partial charge in [0.25, 0.3) is 0 Å². The first kappa shape index (κ1) is 30.0. The van der Waals surface area contributed by atoms with Crippen molar-refractivity contribution >= 4 is 10.4 Å². The van der Waals surface area contributed by atoms with E-state index in [4.69, 9.17) is 4.55 Å². The molecule has 0 saturated carbocycles. The molecule has 0 aliphatic carbocycles. The highest BCUT2D eigenvalue weighted by Gasteiger charge is 2.07. The summed E-state index contributed by atoms with van der Waals surface area (Å²) >= 11 is 0. The molecule has 0 spiro atoms. The van der Waals surface area contributed by atoms with Crippen LogP contribution in [0.15, 0.2) is 0 Å². The van der Waals surface area contributed by atoms with E-state index in [1.54, 1.807) is 0 Å². The Balaban J connectivity index is 0. The Hall–Kier alpha value is -0.170. The first-order valence-corrected chi connectivity index (χ1v) is 12.9. The van der Waals surface area contributed by atoms with Crippen molar-refractivity contribution in [3.8, 4) is 0 Å². The molecule has 0 heterocycles. The molecule has 1 unspecified atom stereocenters. The van der Waals surface area contributed by atoms with Crippen LogP contribution in [0.3, 0.4) is 0 Å². The third-order valence-electron chi connectivity index (χ3n) is 5.11. The van der Waals surface area contributed by atoms with Crippen LogP contribution in [0, 0.1) is 0 Å². The second-order valence-corrected chi connectivity index (χ2v) is 8.98. The Morgan fingerprint density at radius 3 is 1.39 bits per heavy atom. The third-order valence-corrected chi connectivity index (χ3v) is 5.64. The molecular weight excluding hydrogens is 374 g/mol. The average molecular weight is 424 g/mol. The van der Waals surface area contributed by atoms with Crippen molar-refractivity contribution in [2.75, 3.05) is 20.7 Å². The van der Waals surface area contributed by atoms with Crippen LogP contribution in [0.4, 0.5) is 0 Å². The standard InChI is InChI=1S/C20H43N.C2H6O4S/c1-5-7-8-9-10-11-12-13-14-15-16-17-18-19-20(6-2)21(3)4;1-2-6-7(3,4)5/h20H,5-19H2,1-4H3;2H2,1H3,(H,3,4,5). The van der Waals surface area contributed by atoms with Crippen LogP contribution in [0.2, 0.25) is 0 Å². The summed E-state index contributed by atoms with van der Waals surface area (Å²) in [6, 6.07) is 0.803. The lowest BCUT2D eigenvalue weighted by atomic mass is 10.0. The second-order valence-electron chi connectivity index (χ2n) is 7.89. The Morgan fingerprint density at radius 1 is 0.750 bits per heavy atom. The minimum Gasteiger partial charge on any atom is -0.306 e. The first-order valence-electron chi connectivity index (χ1n) is 11.6. The first-order chi connectivity index (χ1) is 13.3. The maximum atomic E-state index is 9.56. The van der Waals surface area contributed by atoms with Crippen molar-refractivity contribution in [2.45, 2.75) is 123 Å². The van der Waals surface area contributed by atoms with Crippen molar-refractivity contribution in [1.82, 2.24) is 4.90 Å². The van der Waals surface area contributed by atoms with Gasteiger partial charge in [-0.05, 0) is 33.9 Å². The Labute approximate surface area is 176 Å². The molecule has 0 amide bonds. The molecule has 0 fully saturated rings. The lowest BCUT2D eigenvalue weighted by Gasteiger charge is -2.22. The fourth-order valence-corrected chi connectivity index (χ4v) is 3.67. The van der Waals surface area contributed by atoms with E-state index in [-0.39, 0.29) is 6.61 Å². The fourth-order valence-electron chi connectivity index (χ4n) is 3.37. The zero-order valence-corrected chi connectivity index (χ0v) is 20.2. The van der Waals surface area contributed by atoms with Gasteiger partial charge >= 0.3 is 10.4 Å². The third kappa shape index (κ3) is 25.8. The Morgan fingerprint density at radius 2 is 1.14 bits per heavy atom. The second kappa shape index (κ2) is 21.5. The number of nitrogens with zero attached hydrogens (tertiary/aromatic N) is 1. The summed E-state index contributed by atoms with van der Waals surface area (Å²) in [5.41, 5.74) is 0. The van der Waals surface area contributed by atoms with Crippen LogP contribution in [0.25, 0.3) is 0 Å². The molecule has 0 radical (unpaired) electrons. The summed E-state index contributed by atoms with van der Waals surface area (Å²) in [5.74, 6) is 0. The lowest BCUT2D eigenvalue weighted by Crippen LogP contribution is -2.26. The maximum absolute atomic E-state index is 9.56. The van der Waals surface area contributed by atoms with Gasteiger partial charge in [0.1, 0.15) is 0 Å². The summed E-state index contributed by atoms with van der Waals surface area (Å²) in [6.07, 6.45) is 21.6. The zero-order valence-electron chi connectivity index (χ0n) is 19.4. The molecule has 0 aromatic carbocycles. The lowest BCUT2D eigenvalue weighted by molar-refractivity contribution is 0.264. The van der Waals surface area contributed by atoms with Gasteiger partial charge in [0, 0.05) is 6.04 Å². The highest BCUT2D eigenvalue weighted by molar-refractivity contribution is 7.80. The number of rotatable bonds is 18. The van der Waals surface area contributed by atoms with Crippen LogP contribution < -0.4 is 0 Å². The topological polar surface area (TPSA) is 66.8 Å². The molecule has 0 rings (SSSR count). The molecule has 5 nitrogen and oxygen atoms in total. The smallest absolute Gasteiger partial charge is 0.306 e. The molecule has 0 aliphatic rings. The highest BCUT2D eigenvalue weighted by atomic mass is 32.3. The molecule has 0 saturated heterocycles. The number of hydrogen-bond donors (Lipinski definition) is 1. The van der Waals surface area contributed by atoms with E-state index in [1.807, 2.05) is 0 Å². The number of hydrogen-bond acceptors (Lipinski definition) is 4. The van der Waals surface area contributed by atoms with Crippen LogP contribution in [0.5, 0.6) is 0 Å². The van der Waals surface area contributed by atoms with Gasteiger partial charge in [-0.2, -0.15) is 8.42 Å². The van der Waals surface area contributed by atoms with Crippen molar-refractivity contribution < 1.29 is 17.2 Å². The van der Waals surface area contributed by atoms with Gasteiger partial charge in [-0.1, -0.05) is 97.3 Å². The van der Waals surface area contributed by atoms with Gasteiger partial charge in [-0.3, -0.25) is 4.55 Å². The van der Waals surface area contributed by atoms with Gasteiger partial charge in [0.15, 0.2) is 0 Å². The largest absolute Gasteiger partial charge is 0.397 e. The fraction of sp³-hybridized carbons (Fsp3) is 1.00. The van der Waals surface area contributed by atoms with Crippen LogP contribution in [-0.4, -0.2) is 44.6 Å². The quantitative estimate of drug-likeness (QED) is 0.198. The summed E-state index contributed by atoms with van der Waals surface area (Å²) < 4.78 is 30.7. The van der Waals surface area contributed by atoms with Gasteiger partial charge in [0.2, 0.25) is 0 Å². The molecule has 172 valence electrons. The minimum atomic E-state index is -4.17. The molecule has 0 bridgehead atoms. The van der Waals surface area contributed by atoms with E-state index in [9.17, 15) is 8.42 Å². The number of unbranched alkanes of at least 4 members (excludes halogenated alkanes) is 12. The van der Waals surface area contributed by atoms with Gasteiger partial charge < -0.3 is 4.90 Å². The van der Waals surface area contributed by atoms with E-state index < -0.39 is 10.4 Å². The van der Waals surface area contributed by atoms with E-state index in [2.05, 4.69) is 37.0 Å². The normalized spacial score (nSPS) is 12.7. The van der Waals surface area contributed by atoms with Gasteiger partial charge in [-0.15, -0.1) is 0 Å². The summed E-state index contributed by atoms with van der Waals surface area (Å²) in [4.78, 5) is 2.39. The maximum Gasteiger partial charge on any atom is 0.397 e. The predicted octanol–water partition coefficient (Wildman–Crippen LogP) is 6.63. The Bertz CT molecular complexity index is 399. The summed E-state index contributed by atoms with van der Waals surface area (Å²) in [6.45, 7) is 6.04. The summed E-state index contributed by atoms with van der Waals surface area (Å²) in [7, 11) is 0.263. The average Bonchev–Trinajstić information content (AvgIpc) is 2.61. The van der Waals surface area contributed by atoms with Crippen molar-refractivity contribution in [1.29, 1.82) is 0 Å². The van der Waals surface area contributed by atoms with E-state index in [1.165, 1.54) is 103 Å². The zero-order chi connectivity index (χ0) is 21.7. The van der Waals surface area contributed by atoms with Crippen molar-refractivity contribution in [2.24, 2.45) is 0 Å². The molecule has 0 aromatic rings. The van der Waals surface area contributed by atoms with E-state index in [0.29, 0.717) is 0 Å². The molecule has 0 aliphatic heterocycles. The predicted molar refractivity (Wildman–Crippen MR) is 121 cm³/mol. The van der Waals surface area contributed by atoms with Crippen LogP contribution in [0.1, 0.15) is 117 Å². The minimum absolute atomic E-state index is 0.0289. The monoisotopic (exact) mass is 423 g/mol. The van der Waals surface area contributed by atoms with Crippen LogP contribution in [-0.2, 0) is 14.6 Å². The molecule has 0 aromatic heterocycles. The summed E-state index contributed by atoms with van der Waals surface area (Å²) in [5, 5.41) is 0. The van der Waals surface area contributed by atoms with Crippen molar-refractivity contribution in [3.05, 3.63) is 0 Å². The van der Waals surface area contributed by atoms with Gasteiger partial charge in [0.05, 0.1) is 6.61 Å². The molecular formula is C22H49NO4S. The molecule has 1 atom stereocenters. The van der Waals surface area contributed by atoms with Crippen molar-refractivity contribution in [3.63, 3.8) is 0 Å². The molecule has 1 N–H and O–H groups in total. The van der Waals surface area contributed by atoms with E-state index in [0.717, 1.165) is 6.04 Å². The van der Waals surface area contributed by atoms with E-state index >= 15 is 0 Å². The molecule has 6 heteroatoms. The SMILES string of the molecule is CCCCCCCCCCCCCCCC(CC)N(C)C.CCOS(=O)(=O)O. The Kier molecular flexibility index (Phi) is 23.1. The van der Waals surface area contributed by atoms with Crippen LogP contribution >= 0.6 is 0 Å².